The van der Waals surface area contributed by atoms with Gasteiger partial charge in [0.25, 0.3) is 5.91 Å². The van der Waals surface area contributed by atoms with Crippen LogP contribution in [0.5, 0.6) is 11.5 Å². The van der Waals surface area contributed by atoms with E-state index in [-0.39, 0.29) is 35.9 Å². The average Bonchev–Trinajstić information content (AvgIpc) is 3.20. The van der Waals surface area contributed by atoms with Gasteiger partial charge in [0, 0.05) is 52.3 Å². The zero-order valence-corrected chi connectivity index (χ0v) is 27.5. The number of nitrogens with one attached hydrogen (secondary N) is 2. The van der Waals surface area contributed by atoms with Crippen LogP contribution in [0.2, 0.25) is 0 Å². The van der Waals surface area contributed by atoms with Gasteiger partial charge >= 0.3 is 6.03 Å². The van der Waals surface area contributed by atoms with Gasteiger partial charge in [-0.25, -0.2) is 4.79 Å². The molecular weight excluding hydrogens is 710 g/mol. The molecule has 1 unspecified atom stereocenters. The molecule has 13 heteroatoms. The number of anilines is 2. The lowest BCUT2D eigenvalue weighted by atomic mass is 9.99. The van der Waals surface area contributed by atoms with Crippen LogP contribution in [0, 0.1) is 0 Å². The Balaban J connectivity index is 1.25. The second kappa shape index (κ2) is 14.3. The van der Waals surface area contributed by atoms with Gasteiger partial charge in [-0.1, -0.05) is 18.2 Å². The third kappa shape index (κ3) is 7.95. The van der Waals surface area contributed by atoms with Crippen LogP contribution in [0.1, 0.15) is 35.2 Å². The summed E-state index contributed by atoms with van der Waals surface area (Å²) < 4.78 is 6.56. The van der Waals surface area contributed by atoms with Crippen LogP contribution in [-0.2, 0) is 16.0 Å². The lowest BCUT2D eigenvalue weighted by molar-refractivity contribution is -0.138. The molecule has 0 spiro atoms. The van der Waals surface area contributed by atoms with Crippen molar-refractivity contribution in [2.75, 3.05) is 37.3 Å². The maximum Gasteiger partial charge on any atom is 0.322 e. The number of aromatic hydroxyl groups is 1. The van der Waals surface area contributed by atoms with E-state index in [1.165, 1.54) is 24.3 Å². The average molecular weight is 743 g/mol. The first-order valence-corrected chi connectivity index (χ1v) is 16.1. The third-order valence-electron chi connectivity index (χ3n) is 7.99. The van der Waals surface area contributed by atoms with Crippen LogP contribution in [0.25, 0.3) is 0 Å². The summed E-state index contributed by atoms with van der Waals surface area (Å²) in [4.78, 5) is 56.6. The first-order valence-electron chi connectivity index (χ1n) is 14.5. The van der Waals surface area contributed by atoms with E-state index in [4.69, 9.17) is 10.5 Å². The zero-order chi connectivity index (χ0) is 32.1. The van der Waals surface area contributed by atoms with Crippen LogP contribution < -0.4 is 21.1 Å². The molecule has 2 aliphatic rings. The molecule has 5 rings (SSSR count). The van der Waals surface area contributed by atoms with E-state index in [0.717, 1.165) is 17.7 Å². The summed E-state index contributed by atoms with van der Waals surface area (Å²) in [6, 6.07) is 15.4. The number of likely N-dealkylation sites (tertiary alicyclic amines) is 1. The molecule has 0 aliphatic carbocycles. The number of nitrogens with zero attached hydrogens (tertiary/aromatic N) is 2. The van der Waals surface area contributed by atoms with Gasteiger partial charge in [-0.2, -0.15) is 0 Å². The molecule has 4 amide bonds. The van der Waals surface area contributed by atoms with E-state index in [0.29, 0.717) is 58.4 Å². The quantitative estimate of drug-likeness (QED) is 0.183. The minimum atomic E-state index is -1.14. The largest absolute Gasteiger partial charge is 0.508 e. The number of nitrogen functional groups attached to an aromatic ring is 1. The number of carbonyl (C=O) groups excluding carboxylic acids is 4. The number of benzene rings is 3. The number of nitrogens with two attached hydrogens (primary N) is 1. The highest BCUT2D eigenvalue weighted by Gasteiger charge is 2.35. The monoisotopic (exact) mass is 741 g/mol. The molecule has 45 heavy (non-hydrogen) atoms. The third-order valence-corrected chi connectivity index (χ3v) is 9.30. The number of hydrogen-bond donors (Lipinski definition) is 4. The number of ketones is 1. The number of carbonyl (C=O) groups is 4. The summed E-state index contributed by atoms with van der Waals surface area (Å²) >= 11 is 6.70. The predicted octanol–water partition coefficient (Wildman–Crippen LogP) is 4.72. The summed E-state index contributed by atoms with van der Waals surface area (Å²) in [6.45, 7) is 0.909. The Labute approximate surface area is 277 Å². The van der Waals surface area contributed by atoms with E-state index in [9.17, 15) is 24.3 Å². The Kier molecular flexibility index (Phi) is 10.3. The Bertz CT molecular complexity index is 1570. The summed E-state index contributed by atoms with van der Waals surface area (Å²) in [7, 11) is 0. The number of hydrogen-bond acceptors (Lipinski definition) is 7. The van der Waals surface area contributed by atoms with E-state index < -0.39 is 18.6 Å². The Hall–Kier alpha value is -4.10. The van der Waals surface area contributed by atoms with Crippen molar-refractivity contribution in [3.05, 3.63) is 80.7 Å². The van der Waals surface area contributed by atoms with Crippen molar-refractivity contribution in [2.24, 2.45) is 0 Å². The predicted molar refractivity (Wildman–Crippen MR) is 176 cm³/mol. The second-order valence-corrected chi connectivity index (χ2v) is 12.7. The first kappa shape index (κ1) is 32.3. The topological polar surface area (TPSA) is 154 Å². The number of phenols is 1. The Morgan fingerprint density at radius 3 is 2.38 bits per heavy atom. The number of urea groups is 1. The van der Waals surface area contributed by atoms with E-state index in [2.05, 4.69) is 42.5 Å². The van der Waals surface area contributed by atoms with Gasteiger partial charge in [-0.15, -0.1) is 0 Å². The van der Waals surface area contributed by atoms with Crippen molar-refractivity contribution >= 4 is 66.9 Å². The molecule has 3 aromatic rings. The maximum atomic E-state index is 13.8. The van der Waals surface area contributed by atoms with Gasteiger partial charge in [0.15, 0.2) is 12.4 Å². The molecule has 2 aliphatic heterocycles. The number of amides is 4. The fourth-order valence-electron chi connectivity index (χ4n) is 5.53. The van der Waals surface area contributed by atoms with Crippen LogP contribution in [0.3, 0.4) is 0 Å². The molecule has 2 heterocycles. The molecule has 3 aromatic carbocycles. The summed E-state index contributed by atoms with van der Waals surface area (Å²) in [5, 5.41) is 15.2. The number of para-hydroxylation sites is 1. The van der Waals surface area contributed by atoms with Crippen LogP contribution >= 0.6 is 31.9 Å². The minimum absolute atomic E-state index is 0.0544. The summed E-state index contributed by atoms with van der Waals surface area (Å²) in [5.41, 5.74) is 8.63. The number of fused-ring (bicyclic) bond motifs is 1. The summed E-state index contributed by atoms with van der Waals surface area (Å²) in [6.07, 6.45) is 1.57. The number of Topliss-reactive ketones (excluding diaryl/α,β-unsaturated/α-hetero) is 1. The van der Waals surface area contributed by atoms with Gasteiger partial charge in [0.05, 0.1) is 5.69 Å². The number of rotatable bonds is 9. The highest BCUT2D eigenvalue weighted by Crippen LogP contribution is 2.30. The number of phenolic OH excluding ortho intramolecular Hbond substituents is 1. The van der Waals surface area contributed by atoms with E-state index in [1.54, 1.807) is 17.0 Å². The molecule has 0 radical (unpaired) electrons. The second-order valence-electron chi connectivity index (χ2n) is 11.0. The van der Waals surface area contributed by atoms with Gasteiger partial charge in [-0.3, -0.25) is 14.4 Å². The highest BCUT2D eigenvalue weighted by atomic mass is 79.9. The molecule has 236 valence electrons. The minimum Gasteiger partial charge on any atom is -0.508 e. The lowest BCUT2D eigenvalue weighted by Crippen LogP contribution is -2.55. The van der Waals surface area contributed by atoms with E-state index >= 15 is 0 Å². The van der Waals surface area contributed by atoms with Crippen LogP contribution in [-0.4, -0.2) is 76.9 Å². The van der Waals surface area contributed by atoms with Crippen molar-refractivity contribution in [3.63, 3.8) is 0 Å². The molecule has 1 atom stereocenters. The normalized spacial score (nSPS) is 15.8. The molecule has 1 saturated heterocycles. The van der Waals surface area contributed by atoms with E-state index in [1.807, 2.05) is 29.2 Å². The summed E-state index contributed by atoms with van der Waals surface area (Å²) in [5.74, 6) is -0.903. The Morgan fingerprint density at radius 2 is 1.69 bits per heavy atom. The number of halogens is 2. The van der Waals surface area contributed by atoms with Gasteiger partial charge in [0.2, 0.25) is 5.91 Å². The molecule has 5 N–H and O–H groups in total. The van der Waals surface area contributed by atoms with Crippen molar-refractivity contribution in [1.29, 1.82) is 0 Å². The number of piperidine rings is 1. The van der Waals surface area contributed by atoms with Gasteiger partial charge in [-0.05, 0) is 99.2 Å². The molecule has 1 fully saturated rings. The van der Waals surface area contributed by atoms with Crippen LogP contribution in [0.15, 0.2) is 69.6 Å². The zero-order valence-electron chi connectivity index (χ0n) is 24.3. The van der Waals surface area contributed by atoms with Crippen molar-refractivity contribution < 1.29 is 29.0 Å². The number of ether oxygens (including phenoxy) is 1. The molecular formula is C32H33Br2N5O6. The highest BCUT2D eigenvalue weighted by molar-refractivity contribution is 9.11. The Morgan fingerprint density at radius 1 is 1.02 bits per heavy atom. The van der Waals surface area contributed by atoms with Gasteiger partial charge < -0.3 is 36.0 Å². The smallest absolute Gasteiger partial charge is 0.322 e. The van der Waals surface area contributed by atoms with Crippen LogP contribution in [0.4, 0.5) is 16.2 Å². The standard InChI is InChI=1S/C32H33Br2N5O6/c33-24-15-20(16-25(34)30(24)35)28(41)17-27(36-29(42)18-45-23-7-5-22(40)6-8-23)31(43)38-12-10-21(11-13-38)39-14-9-19-3-1-2-4-26(19)37-32(39)44/h1-8,15-16,21,27,40H,9-14,17-18,35H2,(H,36,42)(H,37,44). The van der Waals surface area contributed by atoms with Crippen molar-refractivity contribution in [1.82, 2.24) is 15.1 Å². The maximum absolute atomic E-state index is 13.8. The molecule has 0 saturated carbocycles. The fourth-order valence-corrected chi connectivity index (χ4v) is 6.72. The SMILES string of the molecule is Nc1c(Br)cc(C(=O)CC(NC(=O)COc2ccc(O)cc2)C(=O)N2CCC(N3CCc4ccccc4NC3=O)CC2)cc1Br. The molecule has 11 nitrogen and oxygen atoms in total. The molecule has 0 bridgehead atoms. The molecule has 0 aromatic heterocycles. The first-order chi connectivity index (χ1) is 21.6. The van der Waals surface area contributed by atoms with Crippen molar-refractivity contribution in [2.45, 2.75) is 37.8 Å². The lowest BCUT2D eigenvalue weighted by Gasteiger charge is -2.39. The van der Waals surface area contributed by atoms with Crippen molar-refractivity contribution in [3.8, 4) is 11.5 Å². The fraction of sp³-hybridized carbons (Fsp3) is 0.312. The van der Waals surface area contributed by atoms with Gasteiger partial charge in [0.1, 0.15) is 17.5 Å².